The van der Waals surface area contributed by atoms with E-state index in [0.29, 0.717) is 6.04 Å². The molecule has 1 aliphatic rings. The van der Waals surface area contributed by atoms with Crippen molar-refractivity contribution in [2.45, 2.75) is 32.4 Å². The van der Waals surface area contributed by atoms with Gasteiger partial charge in [0.2, 0.25) is 0 Å². The maximum atomic E-state index is 10.8. The Kier molecular flexibility index (Phi) is 4.29. The minimum Gasteiger partial charge on any atom is -0.479 e. The lowest BCUT2D eigenvalue weighted by atomic mass is 10.1. The van der Waals surface area contributed by atoms with Crippen LogP contribution in [0.25, 0.3) is 0 Å². The zero-order chi connectivity index (χ0) is 12.3. The number of carboxylic acids is 1. The molecule has 0 bridgehead atoms. The van der Waals surface area contributed by atoms with Crippen LogP contribution in [0.1, 0.15) is 20.8 Å². The van der Waals surface area contributed by atoms with Gasteiger partial charge in [0.1, 0.15) is 0 Å². The molecular weight excluding hydrogens is 208 g/mol. The van der Waals surface area contributed by atoms with Crippen LogP contribution in [-0.4, -0.2) is 70.3 Å². The Morgan fingerprint density at radius 3 is 2.56 bits per heavy atom. The summed E-state index contributed by atoms with van der Waals surface area (Å²) in [4.78, 5) is 15.2. The van der Waals surface area contributed by atoms with E-state index >= 15 is 0 Å². The normalized spacial score (nSPS) is 27.6. The Morgan fingerprint density at radius 2 is 2.12 bits per heavy atom. The van der Waals surface area contributed by atoms with Gasteiger partial charge in [0.25, 0.3) is 0 Å². The highest BCUT2D eigenvalue weighted by atomic mass is 16.4. The molecule has 16 heavy (non-hydrogen) atoms. The molecule has 2 atom stereocenters. The molecule has 0 spiro atoms. The molecule has 0 aromatic heterocycles. The first kappa shape index (κ1) is 13.4. The first-order chi connectivity index (χ1) is 7.36. The van der Waals surface area contributed by atoms with Crippen molar-refractivity contribution in [1.82, 2.24) is 9.80 Å². The number of piperazine rings is 1. The third-order valence-electron chi connectivity index (χ3n) is 3.25. The number of hydrogen-bond acceptors (Lipinski definition) is 4. The third-order valence-corrected chi connectivity index (χ3v) is 3.25. The molecule has 1 heterocycles. The quantitative estimate of drug-likeness (QED) is 0.703. The van der Waals surface area contributed by atoms with E-state index in [1.54, 1.807) is 0 Å². The third kappa shape index (κ3) is 3.17. The number of likely N-dealkylation sites (N-methyl/N-ethyl adjacent to an activating group) is 1. The summed E-state index contributed by atoms with van der Waals surface area (Å²) in [5.74, 6) is -1.15. The molecule has 0 aromatic carbocycles. The fourth-order valence-corrected chi connectivity index (χ4v) is 2.19. The lowest BCUT2D eigenvalue weighted by Gasteiger charge is -2.41. The van der Waals surface area contributed by atoms with E-state index in [1.165, 1.54) is 6.92 Å². The molecule has 5 heteroatoms. The molecule has 1 aliphatic heterocycles. The number of aliphatic carboxylic acids is 1. The number of carboxylic acid groups (broad SMARTS) is 1. The number of β-amino-alcohol motifs (C(OH)–C–C–N with tert-alkyl or cyclic N) is 1. The van der Waals surface area contributed by atoms with Crippen molar-refractivity contribution in [3.05, 3.63) is 0 Å². The molecule has 0 aliphatic carbocycles. The summed E-state index contributed by atoms with van der Waals surface area (Å²) < 4.78 is 0. The van der Waals surface area contributed by atoms with Crippen LogP contribution in [0.5, 0.6) is 0 Å². The van der Waals surface area contributed by atoms with Crippen molar-refractivity contribution in [1.29, 1.82) is 0 Å². The maximum Gasteiger partial charge on any atom is 0.336 e. The molecular formula is C11H22N2O3. The molecule has 1 saturated heterocycles. The number of carbonyl (C=O) groups is 1. The minimum absolute atomic E-state index is 0.199. The van der Waals surface area contributed by atoms with E-state index in [2.05, 4.69) is 18.7 Å². The molecule has 94 valence electrons. The first-order valence-corrected chi connectivity index (χ1v) is 5.79. The predicted molar refractivity (Wildman–Crippen MR) is 61.4 cm³/mol. The summed E-state index contributed by atoms with van der Waals surface area (Å²) in [5, 5.41) is 18.5. The van der Waals surface area contributed by atoms with Crippen molar-refractivity contribution in [3.8, 4) is 0 Å². The fraction of sp³-hybridized carbons (Fsp3) is 0.909. The van der Waals surface area contributed by atoms with Gasteiger partial charge in [-0.2, -0.15) is 0 Å². The van der Waals surface area contributed by atoms with Crippen molar-refractivity contribution in [2.75, 3.05) is 32.7 Å². The molecule has 0 amide bonds. The molecule has 0 aromatic rings. The Bertz CT molecular complexity index is 256. The number of aliphatic hydroxyl groups is 1. The van der Waals surface area contributed by atoms with E-state index in [9.17, 15) is 9.90 Å². The standard InChI is InChI=1S/C11H22N2O3/c1-4-13-6-5-12(7-9(13)2)8-11(3,16)10(14)15/h9,16H,4-8H2,1-3H3,(H,14,15). The first-order valence-electron chi connectivity index (χ1n) is 5.79. The molecule has 2 N–H and O–H groups in total. The van der Waals surface area contributed by atoms with E-state index < -0.39 is 11.6 Å². The summed E-state index contributed by atoms with van der Waals surface area (Å²) in [6, 6.07) is 0.420. The molecule has 5 nitrogen and oxygen atoms in total. The number of rotatable bonds is 4. The zero-order valence-corrected chi connectivity index (χ0v) is 10.3. The lowest BCUT2D eigenvalue weighted by molar-refractivity contribution is -0.159. The van der Waals surface area contributed by atoms with Gasteiger partial charge in [-0.15, -0.1) is 0 Å². The van der Waals surface area contributed by atoms with E-state index in [0.717, 1.165) is 26.2 Å². The summed E-state index contributed by atoms with van der Waals surface area (Å²) in [7, 11) is 0. The van der Waals surface area contributed by atoms with Crippen LogP contribution in [0.3, 0.4) is 0 Å². The lowest BCUT2D eigenvalue weighted by Crippen LogP contribution is -2.56. The summed E-state index contributed by atoms with van der Waals surface area (Å²) in [6.07, 6.45) is 0. The Labute approximate surface area is 96.7 Å². The van der Waals surface area contributed by atoms with Crippen LogP contribution in [-0.2, 0) is 4.79 Å². The van der Waals surface area contributed by atoms with Crippen molar-refractivity contribution in [2.24, 2.45) is 0 Å². The van der Waals surface area contributed by atoms with Gasteiger partial charge in [0.05, 0.1) is 0 Å². The Hall–Kier alpha value is -0.650. The van der Waals surface area contributed by atoms with Crippen molar-refractivity contribution in [3.63, 3.8) is 0 Å². The van der Waals surface area contributed by atoms with Crippen LogP contribution < -0.4 is 0 Å². The fourth-order valence-electron chi connectivity index (χ4n) is 2.19. The Morgan fingerprint density at radius 1 is 1.50 bits per heavy atom. The SMILES string of the molecule is CCN1CCN(CC(C)(O)C(=O)O)CC1C. The topological polar surface area (TPSA) is 64.0 Å². The highest BCUT2D eigenvalue weighted by Crippen LogP contribution is 2.13. The second-order valence-electron chi connectivity index (χ2n) is 4.79. The van der Waals surface area contributed by atoms with Gasteiger partial charge in [0, 0.05) is 32.2 Å². The summed E-state index contributed by atoms with van der Waals surface area (Å²) in [5.41, 5.74) is -1.64. The smallest absolute Gasteiger partial charge is 0.336 e. The maximum absolute atomic E-state index is 10.8. The monoisotopic (exact) mass is 230 g/mol. The van der Waals surface area contributed by atoms with Crippen molar-refractivity contribution < 1.29 is 15.0 Å². The molecule has 1 rings (SSSR count). The van der Waals surface area contributed by atoms with E-state index in [-0.39, 0.29) is 6.54 Å². The number of nitrogens with zero attached hydrogens (tertiary/aromatic N) is 2. The molecule has 1 fully saturated rings. The van der Waals surface area contributed by atoms with Gasteiger partial charge in [0.15, 0.2) is 5.60 Å². The molecule has 0 saturated carbocycles. The van der Waals surface area contributed by atoms with Gasteiger partial charge in [-0.3, -0.25) is 9.80 Å². The summed E-state index contributed by atoms with van der Waals surface area (Å²) >= 11 is 0. The second-order valence-corrected chi connectivity index (χ2v) is 4.79. The van der Waals surface area contributed by atoms with E-state index in [1.807, 2.05) is 4.90 Å². The zero-order valence-electron chi connectivity index (χ0n) is 10.3. The van der Waals surface area contributed by atoms with E-state index in [4.69, 9.17) is 5.11 Å². The largest absolute Gasteiger partial charge is 0.479 e. The Balaban J connectivity index is 2.50. The van der Waals surface area contributed by atoms with Gasteiger partial charge in [-0.1, -0.05) is 6.92 Å². The number of hydrogen-bond donors (Lipinski definition) is 2. The summed E-state index contributed by atoms with van der Waals surface area (Å²) in [6.45, 7) is 9.40. The van der Waals surface area contributed by atoms with Gasteiger partial charge in [-0.25, -0.2) is 4.79 Å². The van der Waals surface area contributed by atoms with Crippen molar-refractivity contribution >= 4 is 5.97 Å². The predicted octanol–water partition coefficient (Wildman–Crippen LogP) is -0.152. The van der Waals surface area contributed by atoms with Crippen LogP contribution in [0.4, 0.5) is 0 Å². The van der Waals surface area contributed by atoms with Crippen LogP contribution in [0.2, 0.25) is 0 Å². The minimum atomic E-state index is -1.64. The second kappa shape index (κ2) is 5.12. The van der Waals surface area contributed by atoms with Gasteiger partial charge < -0.3 is 10.2 Å². The highest BCUT2D eigenvalue weighted by molar-refractivity contribution is 5.76. The van der Waals surface area contributed by atoms with Gasteiger partial charge >= 0.3 is 5.97 Å². The molecule has 0 radical (unpaired) electrons. The van der Waals surface area contributed by atoms with Crippen LogP contribution in [0.15, 0.2) is 0 Å². The van der Waals surface area contributed by atoms with Gasteiger partial charge in [-0.05, 0) is 20.4 Å². The highest BCUT2D eigenvalue weighted by Gasteiger charge is 2.34. The molecule has 2 unspecified atom stereocenters. The average molecular weight is 230 g/mol. The van der Waals surface area contributed by atoms with Crippen LogP contribution >= 0.6 is 0 Å². The average Bonchev–Trinajstić information content (AvgIpc) is 2.17. The van der Waals surface area contributed by atoms with Crippen LogP contribution in [0, 0.1) is 0 Å².